The van der Waals surface area contributed by atoms with Crippen LogP contribution in [0.2, 0.25) is 0 Å². The number of hydrogen-bond acceptors (Lipinski definition) is 3. The standard InChI is InChI=1S/C13H21FN2O/c1-15-13(6-7-16(2)8-9-17)11-4-3-5-12(14)10-11/h3-5,10,13,15,17H,6-9H2,1-2H3. The monoisotopic (exact) mass is 240 g/mol. The Morgan fingerprint density at radius 1 is 1.41 bits per heavy atom. The number of aliphatic hydroxyl groups is 1. The lowest BCUT2D eigenvalue weighted by Crippen LogP contribution is -2.27. The lowest BCUT2D eigenvalue weighted by Gasteiger charge is -2.21. The molecular formula is C13H21FN2O. The first-order chi connectivity index (χ1) is 8.17. The number of benzene rings is 1. The molecule has 1 aromatic carbocycles. The van der Waals surface area contributed by atoms with Crippen LogP contribution in [0.3, 0.4) is 0 Å². The fourth-order valence-electron chi connectivity index (χ4n) is 1.83. The molecule has 0 fully saturated rings. The molecule has 0 saturated heterocycles. The van der Waals surface area contributed by atoms with Crippen molar-refractivity contribution in [2.45, 2.75) is 12.5 Å². The summed E-state index contributed by atoms with van der Waals surface area (Å²) in [5.41, 5.74) is 0.963. The Morgan fingerprint density at radius 3 is 2.76 bits per heavy atom. The van der Waals surface area contributed by atoms with Crippen molar-refractivity contribution in [3.8, 4) is 0 Å². The summed E-state index contributed by atoms with van der Waals surface area (Å²) in [6, 6.07) is 6.82. The van der Waals surface area contributed by atoms with E-state index >= 15 is 0 Å². The van der Waals surface area contributed by atoms with Crippen LogP contribution in [0, 0.1) is 5.82 Å². The SMILES string of the molecule is CNC(CCN(C)CCO)c1cccc(F)c1. The lowest BCUT2D eigenvalue weighted by atomic mass is 10.0. The van der Waals surface area contributed by atoms with E-state index < -0.39 is 0 Å². The Hall–Kier alpha value is -0.970. The predicted molar refractivity (Wildman–Crippen MR) is 67.4 cm³/mol. The van der Waals surface area contributed by atoms with E-state index in [1.54, 1.807) is 12.1 Å². The van der Waals surface area contributed by atoms with Crippen LogP contribution in [0.5, 0.6) is 0 Å². The van der Waals surface area contributed by atoms with Crippen LogP contribution in [0.25, 0.3) is 0 Å². The number of halogens is 1. The first-order valence-corrected chi connectivity index (χ1v) is 5.89. The van der Waals surface area contributed by atoms with Crippen molar-refractivity contribution in [3.63, 3.8) is 0 Å². The quantitative estimate of drug-likeness (QED) is 0.756. The highest BCUT2D eigenvalue weighted by atomic mass is 19.1. The Labute approximate surface area is 102 Å². The predicted octanol–water partition coefficient (Wildman–Crippen LogP) is 1.40. The second-order valence-electron chi connectivity index (χ2n) is 4.21. The molecule has 96 valence electrons. The van der Waals surface area contributed by atoms with Crippen molar-refractivity contribution in [1.82, 2.24) is 10.2 Å². The van der Waals surface area contributed by atoms with Gasteiger partial charge in [-0.05, 0) is 44.8 Å². The van der Waals surface area contributed by atoms with Gasteiger partial charge < -0.3 is 15.3 Å². The molecular weight excluding hydrogens is 219 g/mol. The first-order valence-electron chi connectivity index (χ1n) is 5.89. The van der Waals surface area contributed by atoms with Crippen molar-refractivity contribution in [2.24, 2.45) is 0 Å². The fourth-order valence-corrected chi connectivity index (χ4v) is 1.83. The molecule has 0 aliphatic rings. The van der Waals surface area contributed by atoms with Crippen molar-refractivity contribution in [3.05, 3.63) is 35.6 Å². The summed E-state index contributed by atoms with van der Waals surface area (Å²) < 4.78 is 13.1. The number of hydrogen-bond donors (Lipinski definition) is 2. The molecule has 17 heavy (non-hydrogen) atoms. The summed E-state index contributed by atoms with van der Waals surface area (Å²) >= 11 is 0. The van der Waals surface area contributed by atoms with Gasteiger partial charge in [-0.3, -0.25) is 0 Å². The molecule has 1 rings (SSSR count). The van der Waals surface area contributed by atoms with E-state index in [1.165, 1.54) is 6.07 Å². The zero-order valence-corrected chi connectivity index (χ0v) is 10.5. The minimum Gasteiger partial charge on any atom is -0.395 e. The van der Waals surface area contributed by atoms with Crippen LogP contribution in [-0.4, -0.2) is 43.8 Å². The lowest BCUT2D eigenvalue weighted by molar-refractivity contribution is 0.216. The van der Waals surface area contributed by atoms with Gasteiger partial charge in [-0.1, -0.05) is 12.1 Å². The molecule has 2 N–H and O–H groups in total. The highest BCUT2D eigenvalue weighted by Gasteiger charge is 2.10. The molecule has 0 heterocycles. The maximum absolute atomic E-state index is 13.1. The number of rotatable bonds is 7. The highest BCUT2D eigenvalue weighted by Crippen LogP contribution is 2.17. The van der Waals surface area contributed by atoms with Crippen molar-refractivity contribution >= 4 is 0 Å². The average Bonchev–Trinajstić information content (AvgIpc) is 2.30. The van der Waals surface area contributed by atoms with E-state index in [2.05, 4.69) is 10.2 Å². The van der Waals surface area contributed by atoms with Gasteiger partial charge in [0, 0.05) is 12.6 Å². The van der Waals surface area contributed by atoms with Crippen molar-refractivity contribution in [1.29, 1.82) is 0 Å². The zero-order chi connectivity index (χ0) is 12.7. The average molecular weight is 240 g/mol. The Balaban J connectivity index is 2.54. The number of nitrogens with zero attached hydrogens (tertiary/aromatic N) is 1. The second kappa shape index (κ2) is 7.37. The topological polar surface area (TPSA) is 35.5 Å². The largest absolute Gasteiger partial charge is 0.395 e. The van der Waals surface area contributed by atoms with Gasteiger partial charge in [-0.15, -0.1) is 0 Å². The smallest absolute Gasteiger partial charge is 0.123 e. The molecule has 1 atom stereocenters. The highest BCUT2D eigenvalue weighted by molar-refractivity contribution is 5.20. The van der Waals surface area contributed by atoms with Gasteiger partial charge >= 0.3 is 0 Å². The van der Waals surface area contributed by atoms with Gasteiger partial charge in [0.15, 0.2) is 0 Å². The van der Waals surface area contributed by atoms with Crippen LogP contribution < -0.4 is 5.32 Å². The summed E-state index contributed by atoms with van der Waals surface area (Å²) in [7, 11) is 3.84. The molecule has 0 saturated carbocycles. The van der Waals surface area contributed by atoms with E-state index in [0.717, 1.165) is 18.5 Å². The van der Waals surface area contributed by atoms with E-state index in [0.29, 0.717) is 6.54 Å². The summed E-state index contributed by atoms with van der Waals surface area (Å²) in [4.78, 5) is 2.06. The molecule has 0 bridgehead atoms. The molecule has 0 radical (unpaired) electrons. The van der Waals surface area contributed by atoms with E-state index in [-0.39, 0.29) is 18.5 Å². The molecule has 0 aliphatic carbocycles. The van der Waals surface area contributed by atoms with Gasteiger partial charge in [-0.2, -0.15) is 0 Å². The zero-order valence-electron chi connectivity index (χ0n) is 10.5. The minimum absolute atomic E-state index is 0.145. The Bertz CT molecular complexity index is 333. The van der Waals surface area contributed by atoms with Gasteiger partial charge in [-0.25, -0.2) is 4.39 Å². The maximum atomic E-state index is 13.1. The van der Waals surface area contributed by atoms with E-state index in [4.69, 9.17) is 5.11 Å². The van der Waals surface area contributed by atoms with Crippen LogP contribution in [0.15, 0.2) is 24.3 Å². The minimum atomic E-state index is -0.202. The molecule has 0 spiro atoms. The Morgan fingerprint density at radius 2 is 2.18 bits per heavy atom. The number of likely N-dealkylation sites (N-methyl/N-ethyl adjacent to an activating group) is 1. The molecule has 1 aromatic rings. The normalized spacial score (nSPS) is 13.0. The Kier molecular flexibility index (Phi) is 6.11. The third-order valence-corrected chi connectivity index (χ3v) is 2.88. The van der Waals surface area contributed by atoms with Crippen LogP contribution in [0.4, 0.5) is 4.39 Å². The molecule has 0 aliphatic heterocycles. The summed E-state index contributed by atoms with van der Waals surface area (Å²) in [5.74, 6) is -0.202. The fraction of sp³-hybridized carbons (Fsp3) is 0.538. The third kappa shape index (κ3) is 4.81. The summed E-state index contributed by atoms with van der Waals surface area (Å²) in [6.07, 6.45) is 0.885. The summed E-state index contributed by atoms with van der Waals surface area (Å²) in [5, 5.41) is 12.0. The molecule has 4 heteroatoms. The van der Waals surface area contributed by atoms with Crippen LogP contribution >= 0.6 is 0 Å². The molecule has 3 nitrogen and oxygen atoms in total. The van der Waals surface area contributed by atoms with Gasteiger partial charge in [0.2, 0.25) is 0 Å². The van der Waals surface area contributed by atoms with E-state index in [1.807, 2.05) is 20.2 Å². The van der Waals surface area contributed by atoms with Crippen LogP contribution in [-0.2, 0) is 0 Å². The van der Waals surface area contributed by atoms with Crippen molar-refractivity contribution < 1.29 is 9.50 Å². The first kappa shape index (κ1) is 14.1. The second-order valence-corrected chi connectivity index (χ2v) is 4.21. The van der Waals surface area contributed by atoms with Gasteiger partial charge in [0.05, 0.1) is 6.61 Å². The van der Waals surface area contributed by atoms with Gasteiger partial charge in [0.25, 0.3) is 0 Å². The number of aliphatic hydroxyl groups excluding tert-OH is 1. The van der Waals surface area contributed by atoms with E-state index in [9.17, 15) is 4.39 Å². The maximum Gasteiger partial charge on any atom is 0.123 e. The van der Waals surface area contributed by atoms with Crippen LogP contribution in [0.1, 0.15) is 18.0 Å². The molecule has 0 aromatic heterocycles. The molecule has 0 amide bonds. The number of nitrogens with one attached hydrogen (secondary N) is 1. The molecule has 1 unspecified atom stereocenters. The van der Waals surface area contributed by atoms with Gasteiger partial charge in [0.1, 0.15) is 5.82 Å². The third-order valence-electron chi connectivity index (χ3n) is 2.88. The van der Waals surface area contributed by atoms with Crippen molar-refractivity contribution in [2.75, 3.05) is 33.8 Å². The summed E-state index contributed by atoms with van der Waals surface area (Å²) in [6.45, 7) is 1.70.